The molecule has 0 fully saturated rings. The van der Waals surface area contributed by atoms with Gasteiger partial charge in [0, 0.05) is 20.8 Å². The smallest absolute Gasteiger partial charge is 0.319 e. The predicted molar refractivity (Wildman–Crippen MR) is 107 cm³/mol. The van der Waals surface area contributed by atoms with Crippen molar-refractivity contribution in [3.63, 3.8) is 0 Å². The Labute approximate surface area is 160 Å². The Bertz CT molecular complexity index is 855. The first kappa shape index (κ1) is 17.6. The molecule has 0 saturated carbocycles. The Balaban J connectivity index is 1.63. The van der Waals surface area contributed by atoms with E-state index in [9.17, 15) is 4.79 Å². The van der Waals surface area contributed by atoms with Gasteiger partial charge in [-0.05, 0) is 42.0 Å². The minimum absolute atomic E-state index is 0.221. The molecule has 0 aliphatic carbocycles. The summed E-state index contributed by atoms with van der Waals surface area (Å²) >= 11 is 5.06. The number of halogens is 1. The molecule has 2 amide bonds. The highest BCUT2D eigenvalue weighted by molar-refractivity contribution is 9.10. The summed E-state index contributed by atoms with van der Waals surface area (Å²) in [7, 11) is 0. The number of carbonyl (C=O) groups excluding carboxylic acids is 1. The summed E-state index contributed by atoms with van der Waals surface area (Å²) < 4.78 is 0.997. The summed E-state index contributed by atoms with van der Waals surface area (Å²) in [6.45, 7) is 0.471. The van der Waals surface area contributed by atoms with Gasteiger partial charge in [0.05, 0.1) is 5.69 Å². The highest BCUT2D eigenvalue weighted by atomic mass is 79.9. The van der Waals surface area contributed by atoms with E-state index in [1.807, 2.05) is 66.7 Å². The van der Waals surface area contributed by atoms with Crippen molar-refractivity contribution in [1.29, 1.82) is 0 Å². The van der Waals surface area contributed by atoms with Crippen LogP contribution in [0.5, 0.6) is 0 Å². The Hall–Kier alpha value is -2.24. The number of benzene rings is 3. The van der Waals surface area contributed by atoms with Gasteiger partial charge < -0.3 is 10.6 Å². The van der Waals surface area contributed by atoms with Crippen LogP contribution in [0.3, 0.4) is 0 Å². The number of nitrogens with one attached hydrogen (secondary N) is 2. The van der Waals surface area contributed by atoms with Crippen LogP contribution in [-0.2, 0) is 6.54 Å². The van der Waals surface area contributed by atoms with Crippen LogP contribution in [0.4, 0.5) is 10.5 Å². The van der Waals surface area contributed by atoms with Crippen LogP contribution in [0.1, 0.15) is 5.56 Å². The number of hydrogen-bond acceptors (Lipinski definition) is 2. The van der Waals surface area contributed by atoms with Crippen LogP contribution in [-0.4, -0.2) is 6.03 Å². The van der Waals surface area contributed by atoms with E-state index in [0.29, 0.717) is 6.54 Å². The minimum atomic E-state index is -0.221. The molecule has 0 aromatic heterocycles. The first-order valence-corrected chi connectivity index (χ1v) is 9.43. The largest absolute Gasteiger partial charge is 0.334 e. The van der Waals surface area contributed by atoms with Crippen molar-refractivity contribution in [3.05, 3.63) is 88.9 Å². The van der Waals surface area contributed by atoms with Crippen molar-refractivity contribution in [2.75, 3.05) is 5.32 Å². The van der Waals surface area contributed by atoms with Crippen LogP contribution < -0.4 is 10.6 Å². The molecule has 0 radical (unpaired) electrons. The van der Waals surface area contributed by atoms with E-state index in [1.165, 1.54) is 0 Å². The highest BCUT2D eigenvalue weighted by Gasteiger charge is 2.07. The van der Waals surface area contributed by atoms with E-state index < -0.39 is 0 Å². The lowest BCUT2D eigenvalue weighted by atomic mass is 10.2. The summed E-state index contributed by atoms with van der Waals surface area (Å²) in [6.07, 6.45) is 0. The van der Waals surface area contributed by atoms with E-state index in [-0.39, 0.29) is 6.03 Å². The molecule has 3 aromatic carbocycles. The van der Waals surface area contributed by atoms with Crippen molar-refractivity contribution in [3.8, 4) is 0 Å². The minimum Gasteiger partial charge on any atom is -0.334 e. The molecule has 3 aromatic rings. The monoisotopic (exact) mass is 412 g/mol. The van der Waals surface area contributed by atoms with E-state index in [4.69, 9.17) is 0 Å². The lowest BCUT2D eigenvalue weighted by molar-refractivity contribution is 0.251. The predicted octanol–water partition coefficient (Wildman–Crippen LogP) is 5.92. The molecule has 0 spiro atoms. The third kappa shape index (κ3) is 5.37. The van der Waals surface area contributed by atoms with Gasteiger partial charge in [0.25, 0.3) is 0 Å². The lowest BCUT2D eigenvalue weighted by Gasteiger charge is -2.12. The Morgan fingerprint density at radius 2 is 1.68 bits per heavy atom. The molecule has 5 heteroatoms. The fraction of sp³-hybridized carbons (Fsp3) is 0.0500. The van der Waals surface area contributed by atoms with Gasteiger partial charge in [-0.3, -0.25) is 0 Å². The third-order valence-corrected chi connectivity index (χ3v) is 5.03. The molecule has 3 nitrogen and oxygen atoms in total. The fourth-order valence-electron chi connectivity index (χ4n) is 2.27. The quantitative estimate of drug-likeness (QED) is 0.545. The molecule has 0 aliphatic heterocycles. The first-order chi connectivity index (χ1) is 12.2. The first-order valence-electron chi connectivity index (χ1n) is 7.82. The van der Waals surface area contributed by atoms with Crippen LogP contribution in [0.2, 0.25) is 0 Å². The third-order valence-electron chi connectivity index (χ3n) is 3.45. The Morgan fingerprint density at radius 1 is 0.920 bits per heavy atom. The number of urea groups is 1. The molecule has 3 rings (SSSR count). The molecule has 0 saturated heterocycles. The van der Waals surface area contributed by atoms with Crippen molar-refractivity contribution in [2.45, 2.75) is 16.3 Å². The fourth-order valence-corrected chi connectivity index (χ4v) is 3.64. The van der Waals surface area contributed by atoms with Crippen molar-refractivity contribution < 1.29 is 4.79 Å². The second-order valence-electron chi connectivity index (χ2n) is 5.35. The molecule has 0 atom stereocenters. The molecule has 0 aliphatic rings. The van der Waals surface area contributed by atoms with Crippen molar-refractivity contribution in [2.24, 2.45) is 0 Å². The van der Waals surface area contributed by atoms with Gasteiger partial charge in [0.2, 0.25) is 0 Å². The van der Waals surface area contributed by atoms with E-state index >= 15 is 0 Å². The molecule has 0 bridgehead atoms. The topological polar surface area (TPSA) is 41.1 Å². The summed E-state index contributed by atoms with van der Waals surface area (Å²) in [5.41, 5.74) is 1.83. The maximum Gasteiger partial charge on any atom is 0.319 e. The van der Waals surface area contributed by atoms with Gasteiger partial charge in [-0.25, -0.2) is 4.79 Å². The average molecular weight is 413 g/mol. The van der Waals surface area contributed by atoms with E-state index in [1.54, 1.807) is 11.8 Å². The summed E-state index contributed by atoms with van der Waals surface area (Å²) in [4.78, 5) is 14.4. The van der Waals surface area contributed by atoms with E-state index in [0.717, 1.165) is 25.5 Å². The number of carbonyl (C=O) groups is 1. The number of rotatable bonds is 5. The normalized spacial score (nSPS) is 10.3. The Kier molecular flexibility index (Phi) is 6.14. The van der Waals surface area contributed by atoms with Crippen LogP contribution in [0.25, 0.3) is 0 Å². The number of hydrogen-bond donors (Lipinski definition) is 2. The second kappa shape index (κ2) is 8.74. The second-order valence-corrected chi connectivity index (χ2v) is 7.38. The summed E-state index contributed by atoms with van der Waals surface area (Å²) in [6, 6.07) is 25.5. The highest BCUT2D eigenvalue weighted by Crippen LogP contribution is 2.33. The molecule has 25 heavy (non-hydrogen) atoms. The molecular weight excluding hydrogens is 396 g/mol. The van der Waals surface area contributed by atoms with Gasteiger partial charge >= 0.3 is 6.03 Å². The van der Waals surface area contributed by atoms with Crippen LogP contribution >= 0.6 is 27.7 Å². The van der Waals surface area contributed by atoms with Crippen LogP contribution in [0.15, 0.2) is 93.1 Å². The zero-order chi connectivity index (χ0) is 17.5. The summed E-state index contributed by atoms with van der Waals surface area (Å²) in [5, 5.41) is 5.82. The molecule has 2 N–H and O–H groups in total. The average Bonchev–Trinajstić information content (AvgIpc) is 2.63. The van der Waals surface area contributed by atoms with E-state index in [2.05, 4.69) is 38.7 Å². The lowest BCUT2D eigenvalue weighted by Crippen LogP contribution is -2.28. The standard InChI is InChI=1S/C20H17BrN2OS/c21-16-8-6-7-15(13-16)14-22-20(24)23-18-11-4-5-12-19(18)25-17-9-2-1-3-10-17/h1-13H,14H2,(H2,22,23,24). The summed E-state index contributed by atoms with van der Waals surface area (Å²) in [5.74, 6) is 0. The van der Waals surface area contributed by atoms with Gasteiger partial charge in [-0.15, -0.1) is 0 Å². The van der Waals surface area contributed by atoms with Crippen LogP contribution in [0, 0.1) is 0 Å². The maximum absolute atomic E-state index is 12.2. The van der Waals surface area contributed by atoms with Gasteiger partial charge in [0.1, 0.15) is 0 Å². The van der Waals surface area contributed by atoms with Crippen molar-refractivity contribution in [1.82, 2.24) is 5.32 Å². The molecule has 126 valence electrons. The van der Waals surface area contributed by atoms with Gasteiger partial charge in [0.15, 0.2) is 0 Å². The molecule has 0 heterocycles. The number of para-hydroxylation sites is 1. The molecule has 0 unspecified atom stereocenters. The van der Waals surface area contributed by atoms with Crippen molar-refractivity contribution >= 4 is 39.4 Å². The zero-order valence-corrected chi connectivity index (χ0v) is 15.8. The SMILES string of the molecule is O=C(NCc1cccc(Br)c1)Nc1ccccc1Sc1ccccc1. The maximum atomic E-state index is 12.2. The Morgan fingerprint density at radius 3 is 2.48 bits per heavy atom. The molecular formula is C20H17BrN2OS. The number of amides is 2. The van der Waals surface area contributed by atoms with Gasteiger partial charge in [-0.1, -0.05) is 70.2 Å². The van der Waals surface area contributed by atoms with Gasteiger partial charge in [-0.2, -0.15) is 0 Å². The zero-order valence-electron chi connectivity index (χ0n) is 13.4. The number of anilines is 1.